The van der Waals surface area contributed by atoms with Crippen LogP contribution in [0.4, 0.5) is 0 Å². The molecule has 6 nitrogen and oxygen atoms in total. The van der Waals surface area contributed by atoms with Gasteiger partial charge in [0, 0.05) is 11.6 Å². The van der Waals surface area contributed by atoms with E-state index in [0.29, 0.717) is 15.8 Å². The Bertz CT molecular complexity index is 1090. The van der Waals surface area contributed by atoms with Gasteiger partial charge in [-0.3, -0.25) is 14.2 Å². The van der Waals surface area contributed by atoms with Gasteiger partial charge in [0.2, 0.25) is 0 Å². The van der Waals surface area contributed by atoms with Crippen LogP contribution in [-0.2, 0) is 6.54 Å². The molecule has 0 saturated heterocycles. The van der Waals surface area contributed by atoms with E-state index in [4.69, 9.17) is 0 Å². The second kappa shape index (κ2) is 8.14. The van der Waals surface area contributed by atoms with E-state index in [1.807, 2.05) is 0 Å². The molecule has 1 fully saturated rings. The Morgan fingerprint density at radius 1 is 1.07 bits per heavy atom. The van der Waals surface area contributed by atoms with Gasteiger partial charge < -0.3 is 10.3 Å². The highest BCUT2D eigenvalue weighted by atomic mass is 32.1. The number of benzene rings is 1. The molecule has 0 radical (unpaired) electrons. The lowest BCUT2D eigenvalue weighted by Gasteiger charge is -2.16. The fourth-order valence-electron chi connectivity index (χ4n) is 3.75. The van der Waals surface area contributed by atoms with Crippen LogP contribution in [-0.4, -0.2) is 21.5 Å². The van der Waals surface area contributed by atoms with Crippen LogP contribution in [0.25, 0.3) is 10.2 Å². The number of carbonyl (C=O) groups excluding carboxylic acids is 1. The second-order valence-electron chi connectivity index (χ2n) is 7.34. The lowest BCUT2D eigenvalue weighted by atomic mass is 10.1. The zero-order valence-corrected chi connectivity index (χ0v) is 16.4. The third kappa shape index (κ3) is 3.94. The fraction of sp³-hybridized carbons (Fsp3) is 0.381. The maximum atomic E-state index is 12.5. The van der Waals surface area contributed by atoms with Gasteiger partial charge in [0.05, 0.1) is 12.1 Å². The zero-order valence-electron chi connectivity index (χ0n) is 15.6. The molecule has 0 atom stereocenters. The van der Waals surface area contributed by atoms with Crippen LogP contribution >= 0.6 is 11.3 Å². The number of H-pyrrole nitrogens is 1. The Morgan fingerprint density at radius 2 is 1.79 bits per heavy atom. The summed E-state index contributed by atoms with van der Waals surface area (Å²) in [6.07, 6.45) is 6.92. The molecule has 4 rings (SSSR count). The molecule has 1 aliphatic rings. The Hall–Kier alpha value is -2.67. The maximum Gasteiger partial charge on any atom is 0.329 e. The number of amides is 1. The van der Waals surface area contributed by atoms with Crippen molar-refractivity contribution in [3.63, 3.8) is 0 Å². The topological polar surface area (TPSA) is 84.0 Å². The molecule has 0 spiro atoms. The van der Waals surface area contributed by atoms with E-state index in [1.54, 1.807) is 35.7 Å². The predicted octanol–water partition coefficient (Wildman–Crippen LogP) is 3.25. The van der Waals surface area contributed by atoms with Crippen LogP contribution < -0.4 is 16.6 Å². The van der Waals surface area contributed by atoms with Crippen molar-refractivity contribution in [1.29, 1.82) is 0 Å². The van der Waals surface area contributed by atoms with E-state index < -0.39 is 5.69 Å². The predicted molar refractivity (Wildman–Crippen MR) is 111 cm³/mol. The number of nitrogens with one attached hydrogen (secondary N) is 2. The molecular formula is C21H23N3O3S. The maximum absolute atomic E-state index is 12.5. The van der Waals surface area contributed by atoms with E-state index in [2.05, 4.69) is 10.3 Å². The molecule has 0 bridgehead atoms. The number of nitrogens with zero attached hydrogens (tertiary/aromatic N) is 1. The van der Waals surface area contributed by atoms with Crippen molar-refractivity contribution in [2.75, 3.05) is 0 Å². The molecule has 0 aliphatic heterocycles. The van der Waals surface area contributed by atoms with Crippen LogP contribution in [0.1, 0.15) is 54.4 Å². The molecule has 1 aromatic carbocycles. The minimum Gasteiger partial charge on any atom is -0.349 e. The van der Waals surface area contributed by atoms with Gasteiger partial charge in [-0.05, 0) is 42.0 Å². The number of thiophene rings is 1. The van der Waals surface area contributed by atoms with Crippen LogP contribution in [0, 0.1) is 0 Å². The molecule has 28 heavy (non-hydrogen) atoms. The first-order valence-electron chi connectivity index (χ1n) is 9.72. The summed E-state index contributed by atoms with van der Waals surface area (Å²) in [5.41, 5.74) is 1.26. The number of hydrogen-bond donors (Lipinski definition) is 2. The molecule has 0 unspecified atom stereocenters. The minimum absolute atomic E-state index is 0.0616. The lowest BCUT2D eigenvalue weighted by molar-refractivity contribution is 0.0933. The standard InChI is InChI=1S/C21H23N3O3S/c25-19(22-16-5-3-1-2-4-6-16)15-9-7-14(8-10-15)13-24-20(26)18-17(11-12-28-18)23-21(24)27/h7-12,16H,1-6,13H2,(H,22,25)(H,23,27). The number of fused-ring (bicyclic) bond motifs is 1. The first kappa shape index (κ1) is 18.7. The fourth-order valence-corrected chi connectivity index (χ4v) is 4.55. The first-order valence-corrected chi connectivity index (χ1v) is 10.6. The van der Waals surface area contributed by atoms with Gasteiger partial charge >= 0.3 is 5.69 Å². The van der Waals surface area contributed by atoms with Gasteiger partial charge in [-0.15, -0.1) is 11.3 Å². The summed E-state index contributed by atoms with van der Waals surface area (Å²) < 4.78 is 1.73. The van der Waals surface area contributed by atoms with E-state index in [9.17, 15) is 14.4 Å². The molecule has 1 saturated carbocycles. The van der Waals surface area contributed by atoms with Crippen molar-refractivity contribution in [3.8, 4) is 0 Å². The summed E-state index contributed by atoms with van der Waals surface area (Å²) in [6, 6.07) is 9.09. The third-order valence-electron chi connectivity index (χ3n) is 5.34. The molecule has 1 aliphatic carbocycles. The van der Waals surface area contributed by atoms with Crippen molar-refractivity contribution in [1.82, 2.24) is 14.9 Å². The SMILES string of the molecule is O=C(NC1CCCCCC1)c1ccc(Cn2c(=O)[nH]c3ccsc3c2=O)cc1. The number of carbonyl (C=O) groups is 1. The highest BCUT2D eigenvalue weighted by molar-refractivity contribution is 7.17. The Labute approximate surface area is 166 Å². The van der Waals surface area contributed by atoms with Gasteiger partial charge in [-0.1, -0.05) is 37.8 Å². The van der Waals surface area contributed by atoms with Gasteiger partial charge in [-0.25, -0.2) is 4.79 Å². The van der Waals surface area contributed by atoms with Crippen LogP contribution in [0.5, 0.6) is 0 Å². The van der Waals surface area contributed by atoms with Crippen molar-refractivity contribution in [3.05, 3.63) is 67.7 Å². The van der Waals surface area contributed by atoms with Crippen molar-refractivity contribution in [2.24, 2.45) is 0 Å². The summed E-state index contributed by atoms with van der Waals surface area (Å²) in [5, 5.41) is 4.92. The third-order valence-corrected chi connectivity index (χ3v) is 6.24. The monoisotopic (exact) mass is 397 g/mol. The van der Waals surface area contributed by atoms with Crippen LogP contribution in [0.3, 0.4) is 0 Å². The summed E-state index contributed by atoms with van der Waals surface area (Å²) in [6.45, 7) is 0.173. The molecule has 146 valence electrons. The Morgan fingerprint density at radius 3 is 2.50 bits per heavy atom. The van der Waals surface area contributed by atoms with Crippen LogP contribution in [0.15, 0.2) is 45.3 Å². The average Bonchev–Trinajstić information content (AvgIpc) is 3.01. The van der Waals surface area contributed by atoms with E-state index >= 15 is 0 Å². The number of hydrogen-bond acceptors (Lipinski definition) is 4. The van der Waals surface area contributed by atoms with Gasteiger partial charge in [-0.2, -0.15) is 0 Å². The first-order chi connectivity index (χ1) is 13.6. The summed E-state index contributed by atoms with van der Waals surface area (Å²) in [4.78, 5) is 40.0. The van der Waals surface area contributed by atoms with Gasteiger partial charge in [0.15, 0.2) is 0 Å². The molecule has 2 N–H and O–H groups in total. The number of rotatable bonds is 4. The average molecular weight is 398 g/mol. The summed E-state index contributed by atoms with van der Waals surface area (Å²) in [5.74, 6) is -0.0616. The van der Waals surface area contributed by atoms with E-state index in [-0.39, 0.29) is 24.1 Å². The van der Waals surface area contributed by atoms with Crippen LogP contribution in [0.2, 0.25) is 0 Å². The number of aromatic amines is 1. The highest BCUT2D eigenvalue weighted by Gasteiger charge is 2.16. The molecular weight excluding hydrogens is 374 g/mol. The van der Waals surface area contributed by atoms with Crippen molar-refractivity contribution >= 4 is 27.5 Å². The molecule has 7 heteroatoms. The molecule has 3 aromatic rings. The molecule has 2 aromatic heterocycles. The number of aromatic nitrogens is 2. The Balaban J connectivity index is 1.48. The smallest absolute Gasteiger partial charge is 0.329 e. The Kier molecular flexibility index (Phi) is 5.43. The van der Waals surface area contributed by atoms with Gasteiger partial charge in [0.25, 0.3) is 11.5 Å². The normalized spacial score (nSPS) is 15.4. The van der Waals surface area contributed by atoms with E-state index in [1.165, 1.54) is 41.6 Å². The van der Waals surface area contributed by atoms with E-state index in [0.717, 1.165) is 18.4 Å². The lowest BCUT2D eigenvalue weighted by Crippen LogP contribution is -2.35. The summed E-state index contributed by atoms with van der Waals surface area (Å²) >= 11 is 1.32. The molecule has 2 heterocycles. The summed E-state index contributed by atoms with van der Waals surface area (Å²) in [7, 11) is 0. The highest BCUT2D eigenvalue weighted by Crippen LogP contribution is 2.18. The van der Waals surface area contributed by atoms with Crippen molar-refractivity contribution < 1.29 is 4.79 Å². The second-order valence-corrected chi connectivity index (χ2v) is 8.26. The molecule has 1 amide bonds. The van der Waals surface area contributed by atoms with Crippen molar-refractivity contribution in [2.45, 2.75) is 51.1 Å². The quantitative estimate of drug-likeness (QED) is 0.663. The zero-order chi connectivity index (χ0) is 19.5. The minimum atomic E-state index is -0.425. The van der Waals surface area contributed by atoms with Gasteiger partial charge in [0.1, 0.15) is 4.70 Å². The largest absolute Gasteiger partial charge is 0.349 e.